The maximum Gasteiger partial charge on any atom is 0.328 e. The summed E-state index contributed by atoms with van der Waals surface area (Å²) in [5, 5.41) is 8.60. The van der Waals surface area contributed by atoms with Crippen molar-refractivity contribution in [1.82, 2.24) is 0 Å². The lowest BCUT2D eigenvalue weighted by molar-refractivity contribution is -0.131. The summed E-state index contributed by atoms with van der Waals surface area (Å²) in [6.07, 6.45) is 5.98. The van der Waals surface area contributed by atoms with E-state index in [1.165, 1.54) is 0 Å². The van der Waals surface area contributed by atoms with E-state index in [1.54, 1.807) is 6.08 Å². The van der Waals surface area contributed by atoms with Crippen LogP contribution in [0.25, 0.3) is 6.08 Å². The Morgan fingerprint density at radius 2 is 1.95 bits per heavy atom. The number of carboxylic acid groups (broad SMARTS) is 1. The minimum absolute atomic E-state index is 0.676. The van der Waals surface area contributed by atoms with Gasteiger partial charge in [0.05, 0.1) is 15.6 Å². The molecule has 1 aromatic carbocycles. The standard InChI is InChI=1S/C14H16Br2O3/c1-2-3-4-7-19-14-11(15)8-10(9-12(14)16)5-6-13(17)18/h5-6,8-9H,2-4,7H2,1H3,(H,17,18)/b6-5+. The van der Waals surface area contributed by atoms with Gasteiger partial charge in [-0.3, -0.25) is 0 Å². The van der Waals surface area contributed by atoms with Crippen LogP contribution in [0.15, 0.2) is 27.2 Å². The van der Waals surface area contributed by atoms with Gasteiger partial charge in [0.15, 0.2) is 0 Å². The van der Waals surface area contributed by atoms with Crippen LogP contribution in [0.5, 0.6) is 5.75 Å². The first-order valence-electron chi connectivity index (χ1n) is 6.07. The number of halogens is 2. The van der Waals surface area contributed by atoms with Crippen LogP contribution in [0.4, 0.5) is 0 Å². The molecule has 0 atom stereocenters. The van der Waals surface area contributed by atoms with Crippen LogP contribution >= 0.6 is 31.9 Å². The zero-order valence-electron chi connectivity index (χ0n) is 10.7. The third-order valence-electron chi connectivity index (χ3n) is 2.43. The fraction of sp³-hybridized carbons (Fsp3) is 0.357. The quantitative estimate of drug-likeness (QED) is 0.532. The monoisotopic (exact) mass is 390 g/mol. The second kappa shape index (κ2) is 8.38. The van der Waals surface area contributed by atoms with Crippen LogP contribution in [-0.4, -0.2) is 17.7 Å². The molecule has 0 bridgehead atoms. The maximum atomic E-state index is 10.5. The molecular formula is C14H16Br2O3. The van der Waals surface area contributed by atoms with E-state index in [4.69, 9.17) is 9.84 Å². The number of benzene rings is 1. The van der Waals surface area contributed by atoms with Gasteiger partial charge in [-0.15, -0.1) is 0 Å². The molecule has 0 saturated carbocycles. The highest BCUT2D eigenvalue weighted by Crippen LogP contribution is 2.35. The van der Waals surface area contributed by atoms with E-state index in [1.807, 2.05) is 12.1 Å². The first-order chi connectivity index (χ1) is 9.04. The van der Waals surface area contributed by atoms with Crippen LogP contribution in [0.1, 0.15) is 31.7 Å². The minimum Gasteiger partial charge on any atom is -0.491 e. The first-order valence-corrected chi connectivity index (χ1v) is 7.66. The number of rotatable bonds is 7. The second-order valence-corrected chi connectivity index (χ2v) is 5.75. The largest absolute Gasteiger partial charge is 0.491 e. The van der Waals surface area contributed by atoms with Crippen molar-refractivity contribution in [2.24, 2.45) is 0 Å². The van der Waals surface area contributed by atoms with Crippen molar-refractivity contribution in [3.8, 4) is 5.75 Å². The van der Waals surface area contributed by atoms with Crippen LogP contribution < -0.4 is 4.74 Å². The molecular weight excluding hydrogens is 376 g/mol. The first kappa shape index (κ1) is 16.2. The molecule has 104 valence electrons. The lowest BCUT2D eigenvalue weighted by atomic mass is 10.2. The Kier molecular flexibility index (Phi) is 7.16. The van der Waals surface area contributed by atoms with E-state index in [0.717, 1.165) is 45.6 Å². The van der Waals surface area contributed by atoms with Crippen molar-refractivity contribution in [2.45, 2.75) is 26.2 Å². The van der Waals surface area contributed by atoms with Crippen molar-refractivity contribution in [3.63, 3.8) is 0 Å². The zero-order valence-corrected chi connectivity index (χ0v) is 13.8. The smallest absolute Gasteiger partial charge is 0.328 e. The van der Waals surface area contributed by atoms with Gasteiger partial charge in [-0.2, -0.15) is 0 Å². The summed E-state index contributed by atoms with van der Waals surface area (Å²) >= 11 is 6.88. The van der Waals surface area contributed by atoms with E-state index in [9.17, 15) is 4.79 Å². The molecule has 0 radical (unpaired) electrons. The molecule has 19 heavy (non-hydrogen) atoms. The SMILES string of the molecule is CCCCCOc1c(Br)cc(/C=C/C(=O)O)cc1Br. The molecule has 1 aromatic rings. The highest BCUT2D eigenvalue weighted by atomic mass is 79.9. The number of carbonyl (C=O) groups is 1. The van der Waals surface area contributed by atoms with E-state index < -0.39 is 5.97 Å². The molecule has 3 nitrogen and oxygen atoms in total. The Hall–Kier alpha value is -0.810. The van der Waals surface area contributed by atoms with Crippen molar-refractivity contribution < 1.29 is 14.6 Å². The Morgan fingerprint density at radius 3 is 2.47 bits per heavy atom. The summed E-state index contributed by atoms with van der Waals surface area (Å²) in [5.41, 5.74) is 0.794. The highest BCUT2D eigenvalue weighted by molar-refractivity contribution is 9.11. The van der Waals surface area contributed by atoms with Gasteiger partial charge in [0.25, 0.3) is 0 Å². The molecule has 0 fully saturated rings. The van der Waals surface area contributed by atoms with Gasteiger partial charge in [0.1, 0.15) is 5.75 Å². The van der Waals surface area contributed by atoms with E-state index in [-0.39, 0.29) is 0 Å². The van der Waals surface area contributed by atoms with Crippen molar-refractivity contribution in [3.05, 3.63) is 32.7 Å². The Bertz CT molecular complexity index is 447. The summed E-state index contributed by atoms with van der Waals surface area (Å²) in [6, 6.07) is 3.67. The molecule has 0 aliphatic rings. The van der Waals surface area contributed by atoms with Crippen LogP contribution in [0.3, 0.4) is 0 Å². The highest BCUT2D eigenvalue weighted by Gasteiger charge is 2.08. The number of carboxylic acids is 1. The summed E-state index contributed by atoms with van der Waals surface area (Å²) in [6.45, 7) is 2.82. The average molecular weight is 392 g/mol. The molecule has 0 aliphatic heterocycles. The summed E-state index contributed by atoms with van der Waals surface area (Å²) < 4.78 is 7.33. The van der Waals surface area contributed by atoms with Crippen molar-refractivity contribution >= 4 is 43.9 Å². The van der Waals surface area contributed by atoms with Gasteiger partial charge in [-0.25, -0.2) is 4.79 Å². The number of unbranched alkanes of at least 4 members (excludes halogenated alkanes) is 2. The predicted molar refractivity (Wildman–Crippen MR) is 83.5 cm³/mol. The molecule has 0 aliphatic carbocycles. The van der Waals surface area contributed by atoms with E-state index in [0.29, 0.717) is 6.61 Å². The molecule has 5 heteroatoms. The van der Waals surface area contributed by atoms with Gasteiger partial charge in [-0.1, -0.05) is 19.8 Å². The normalized spacial score (nSPS) is 10.9. The van der Waals surface area contributed by atoms with Gasteiger partial charge >= 0.3 is 5.97 Å². The zero-order chi connectivity index (χ0) is 14.3. The van der Waals surface area contributed by atoms with Crippen molar-refractivity contribution in [2.75, 3.05) is 6.61 Å². The fourth-order valence-corrected chi connectivity index (χ4v) is 2.96. The molecule has 0 heterocycles. The minimum atomic E-state index is -0.966. The van der Waals surface area contributed by atoms with Gasteiger partial charge in [0, 0.05) is 6.08 Å². The predicted octanol–water partition coefficient (Wildman–Crippen LogP) is 4.88. The number of ether oxygens (including phenoxy) is 1. The number of aliphatic carboxylic acids is 1. The number of hydrogen-bond donors (Lipinski definition) is 1. The van der Waals surface area contributed by atoms with Gasteiger partial charge in [0.2, 0.25) is 0 Å². The van der Waals surface area contributed by atoms with E-state index in [2.05, 4.69) is 38.8 Å². The summed E-state index contributed by atoms with van der Waals surface area (Å²) in [5.74, 6) is -0.212. The lowest BCUT2D eigenvalue weighted by Crippen LogP contribution is -1.98. The van der Waals surface area contributed by atoms with Crippen molar-refractivity contribution in [1.29, 1.82) is 0 Å². The molecule has 0 unspecified atom stereocenters. The summed E-state index contributed by atoms with van der Waals surface area (Å²) in [7, 11) is 0. The Balaban J connectivity index is 2.76. The van der Waals surface area contributed by atoms with E-state index >= 15 is 0 Å². The third kappa shape index (κ3) is 5.78. The van der Waals surface area contributed by atoms with Gasteiger partial charge < -0.3 is 9.84 Å². The Morgan fingerprint density at radius 1 is 1.32 bits per heavy atom. The van der Waals surface area contributed by atoms with Crippen LogP contribution in [0, 0.1) is 0 Å². The molecule has 0 saturated heterocycles. The second-order valence-electron chi connectivity index (χ2n) is 4.04. The fourth-order valence-electron chi connectivity index (χ4n) is 1.51. The lowest BCUT2D eigenvalue weighted by Gasteiger charge is -2.11. The maximum absolute atomic E-state index is 10.5. The Labute approximate surface area is 129 Å². The summed E-state index contributed by atoms with van der Waals surface area (Å²) in [4.78, 5) is 10.5. The average Bonchev–Trinajstić information content (AvgIpc) is 2.34. The number of hydrogen-bond acceptors (Lipinski definition) is 2. The van der Waals surface area contributed by atoms with Crippen LogP contribution in [0.2, 0.25) is 0 Å². The molecule has 0 spiro atoms. The molecule has 0 aromatic heterocycles. The molecule has 1 rings (SSSR count). The third-order valence-corrected chi connectivity index (χ3v) is 3.61. The molecule has 0 amide bonds. The van der Waals surface area contributed by atoms with Crippen LogP contribution in [-0.2, 0) is 4.79 Å². The van der Waals surface area contributed by atoms with Gasteiger partial charge in [-0.05, 0) is 62.1 Å². The topological polar surface area (TPSA) is 46.5 Å². The molecule has 1 N–H and O–H groups in total.